The van der Waals surface area contributed by atoms with E-state index in [1.807, 2.05) is 6.07 Å². The zero-order chi connectivity index (χ0) is 23.8. The lowest BCUT2D eigenvalue weighted by atomic mass is 10.2. The lowest BCUT2D eigenvalue weighted by Crippen LogP contribution is -2.32. The summed E-state index contributed by atoms with van der Waals surface area (Å²) in [6.45, 7) is 0. The van der Waals surface area contributed by atoms with E-state index < -0.39 is 15.9 Å². The van der Waals surface area contributed by atoms with Gasteiger partial charge < -0.3 is 10.1 Å². The first-order valence-corrected chi connectivity index (χ1v) is 11.9. The fraction of sp³-hybridized carbons (Fsp3) is 0.0435. The maximum absolute atomic E-state index is 12.6. The lowest BCUT2D eigenvalue weighted by Gasteiger charge is -2.11. The van der Waals surface area contributed by atoms with Crippen LogP contribution in [0.4, 0.5) is 11.4 Å². The van der Waals surface area contributed by atoms with Crippen LogP contribution in [-0.2, 0) is 14.8 Å². The minimum atomic E-state index is -3.78. The second-order valence-corrected chi connectivity index (χ2v) is 9.15. The Kier molecular flexibility index (Phi) is 8.05. The first-order chi connectivity index (χ1) is 15.8. The highest BCUT2D eigenvalue weighted by Gasteiger charge is 2.14. The molecule has 3 rings (SSSR count). The second kappa shape index (κ2) is 11.0. The van der Waals surface area contributed by atoms with E-state index in [4.69, 9.17) is 28.6 Å². The summed E-state index contributed by atoms with van der Waals surface area (Å²) in [5, 5.41) is 5.94. The van der Waals surface area contributed by atoms with Crippen LogP contribution in [0.5, 0.6) is 5.75 Å². The minimum absolute atomic E-state index is 0.0655. The molecule has 3 N–H and O–H groups in total. The number of sulfonamides is 1. The van der Waals surface area contributed by atoms with Gasteiger partial charge >= 0.3 is 0 Å². The van der Waals surface area contributed by atoms with Gasteiger partial charge in [-0.2, -0.15) is 0 Å². The highest BCUT2D eigenvalue weighted by atomic mass is 35.5. The largest absolute Gasteiger partial charge is 0.497 e. The number of anilines is 2. The number of nitrogens with one attached hydrogen (secondary N) is 3. The number of carbonyl (C=O) groups is 1. The van der Waals surface area contributed by atoms with Crippen LogP contribution in [-0.4, -0.2) is 26.5 Å². The van der Waals surface area contributed by atoms with E-state index >= 15 is 0 Å². The van der Waals surface area contributed by atoms with Crippen LogP contribution < -0.4 is 20.1 Å². The number of carbonyl (C=O) groups excluding carboxylic acids is 1. The Morgan fingerprint density at radius 3 is 2.24 bits per heavy atom. The molecule has 170 valence electrons. The predicted molar refractivity (Wildman–Crippen MR) is 135 cm³/mol. The standard InChI is InChI=1S/C23H20ClN3O4S2/c1-31-19-11-7-18(8-12-19)27-33(29,30)20-13-9-17(10-14-20)25-23(32)26-22(28)15-6-16-4-2-3-5-21(16)24/h2-15,27H,1H3,(H2,25,26,28,32). The Bertz CT molecular complexity index is 1280. The lowest BCUT2D eigenvalue weighted by molar-refractivity contribution is -0.115. The van der Waals surface area contributed by atoms with Gasteiger partial charge in [-0.25, -0.2) is 8.42 Å². The van der Waals surface area contributed by atoms with Crippen LogP contribution in [0.25, 0.3) is 6.08 Å². The number of halogens is 1. The zero-order valence-corrected chi connectivity index (χ0v) is 19.8. The molecule has 0 saturated carbocycles. The molecule has 0 radical (unpaired) electrons. The molecule has 3 aromatic rings. The maximum Gasteiger partial charge on any atom is 0.261 e. The molecule has 1 amide bonds. The molecule has 0 atom stereocenters. The van der Waals surface area contributed by atoms with Crippen LogP contribution in [0, 0.1) is 0 Å². The summed E-state index contributed by atoms with van der Waals surface area (Å²) < 4.78 is 32.7. The van der Waals surface area contributed by atoms with Crippen molar-refractivity contribution in [2.24, 2.45) is 0 Å². The average Bonchev–Trinajstić information content (AvgIpc) is 2.79. The molecule has 0 spiro atoms. The van der Waals surface area contributed by atoms with Gasteiger partial charge in [-0.1, -0.05) is 29.8 Å². The number of hydrogen-bond donors (Lipinski definition) is 3. The van der Waals surface area contributed by atoms with Crippen molar-refractivity contribution in [1.82, 2.24) is 5.32 Å². The number of benzene rings is 3. The molecule has 0 aliphatic carbocycles. The summed E-state index contributed by atoms with van der Waals surface area (Å²) in [7, 11) is -2.24. The Hall–Kier alpha value is -3.40. The van der Waals surface area contributed by atoms with Gasteiger partial charge in [0.05, 0.1) is 12.0 Å². The predicted octanol–water partition coefficient (Wildman–Crippen LogP) is 4.68. The zero-order valence-electron chi connectivity index (χ0n) is 17.4. The van der Waals surface area contributed by atoms with E-state index in [0.29, 0.717) is 27.7 Å². The molecule has 33 heavy (non-hydrogen) atoms. The van der Waals surface area contributed by atoms with Crippen molar-refractivity contribution in [3.05, 3.63) is 89.5 Å². The van der Waals surface area contributed by atoms with Gasteiger partial charge in [-0.15, -0.1) is 0 Å². The van der Waals surface area contributed by atoms with Crippen LogP contribution in [0.15, 0.2) is 83.8 Å². The van der Waals surface area contributed by atoms with Gasteiger partial charge in [-0.05, 0) is 78.5 Å². The van der Waals surface area contributed by atoms with E-state index in [9.17, 15) is 13.2 Å². The molecular weight excluding hydrogens is 482 g/mol. The Labute approximate surface area is 202 Å². The fourth-order valence-corrected chi connectivity index (χ4v) is 4.16. The molecule has 0 aliphatic heterocycles. The SMILES string of the molecule is COc1ccc(NS(=O)(=O)c2ccc(NC(=S)NC(=O)C=Cc3ccccc3Cl)cc2)cc1. The number of thiocarbonyl (C=S) groups is 1. The number of ether oxygens (including phenoxy) is 1. The van der Waals surface area contributed by atoms with Crippen molar-refractivity contribution in [3.63, 3.8) is 0 Å². The smallest absolute Gasteiger partial charge is 0.261 e. The number of amides is 1. The molecule has 0 bridgehead atoms. The first kappa shape index (κ1) is 24.2. The van der Waals surface area contributed by atoms with Crippen molar-refractivity contribution >= 4 is 62.3 Å². The first-order valence-electron chi connectivity index (χ1n) is 9.58. The highest BCUT2D eigenvalue weighted by molar-refractivity contribution is 7.92. The summed E-state index contributed by atoms with van der Waals surface area (Å²) in [5.74, 6) is 0.186. The number of rotatable bonds is 7. The van der Waals surface area contributed by atoms with Gasteiger partial charge in [0, 0.05) is 22.5 Å². The van der Waals surface area contributed by atoms with Crippen molar-refractivity contribution < 1.29 is 17.9 Å². The summed E-state index contributed by atoms with van der Waals surface area (Å²) in [6.07, 6.45) is 2.89. The Morgan fingerprint density at radius 2 is 1.61 bits per heavy atom. The minimum Gasteiger partial charge on any atom is -0.497 e. The monoisotopic (exact) mass is 501 g/mol. The average molecular weight is 502 g/mol. The normalized spacial score (nSPS) is 11.1. The Morgan fingerprint density at radius 1 is 0.970 bits per heavy atom. The molecule has 0 saturated heterocycles. The van der Waals surface area contributed by atoms with Crippen molar-refractivity contribution in [2.75, 3.05) is 17.1 Å². The molecule has 0 fully saturated rings. The molecule has 7 nitrogen and oxygen atoms in total. The van der Waals surface area contributed by atoms with E-state index in [-0.39, 0.29) is 10.0 Å². The molecule has 0 unspecified atom stereocenters. The number of methoxy groups -OCH3 is 1. The summed E-state index contributed by atoms with van der Waals surface area (Å²) in [6, 6.07) is 19.6. The molecular formula is C23H20ClN3O4S2. The van der Waals surface area contributed by atoms with E-state index in [2.05, 4.69) is 15.4 Å². The third kappa shape index (κ3) is 7.04. The maximum atomic E-state index is 12.6. The van der Waals surface area contributed by atoms with Crippen LogP contribution in [0.1, 0.15) is 5.56 Å². The van der Waals surface area contributed by atoms with E-state index in [1.54, 1.807) is 60.7 Å². The topological polar surface area (TPSA) is 96.5 Å². The summed E-state index contributed by atoms with van der Waals surface area (Å²) >= 11 is 11.2. The van der Waals surface area contributed by atoms with Crippen molar-refractivity contribution in [2.45, 2.75) is 4.90 Å². The Balaban J connectivity index is 1.57. The second-order valence-electron chi connectivity index (χ2n) is 6.66. The third-order valence-corrected chi connectivity index (χ3v) is 6.27. The van der Waals surface area contributed by atoms with Gasteiger partial charge in [0.25, 0.3) is 10.0 Å². The van der Waals surface area contributed by atoms with E-state index in [1.165, 1.54) is 25.3 Å². The molecule has 10 heteroatoms. The van der Waals surface area contributed by atoms with Gasteiger partial charge in [0.2, 0.25) is 5.91 Å². The molecule has 3 aromatic carbocycles. The highest BCUT2D eigenvalue weighted by Crippen LogP contribution is 2.20. The summed E-state index contributed by atoms with van der Waals surface area (Å²) in [5.41, 5.74) is 1.62. The van der Waals surface area contributed by atoms with Crippen molar-refractivity contribution in [1.29, 1.82) is 0 Å². The quantitative estimate of drug-likeness (QED) is 0.321. The van der Waals surface area contributed by atoms with Crippen LogP contribution in [0.3, 0.4) is 0 Å². The molecule has 0 aliphatic rings. The summed E-state index contributed by atoms with van der Waals surface area (Å²) in [4.78, 5) is 12.1. The van der Waals surface area contributed by atoms with Crippen LogP contribution >= 0.6 is 23.8 Å². The van der Waals surface area contributed by atoms with Crippen molar-refractivity contribution in [3.8, 4) is 5.75 Å². The van der Waals surface area contributed by atoms with Crippen LogP contribution in [0.2, 0.25) is 5.02 Å². The fourth-order valence-electron chi connectivity index (χ4n) is 2.68. The molecule has 0 aromatic heterocycles. The van der Waals surface area contributed by atoms with E-state index in [0.717, 1.165) is 0 Å². The van der Waals surface area contributed by atoms with Gasteiger partial charge in [0.1, 0.15) is 5.75 Å². The number of hydrogen-bond acceptors (Lipinski definition) is 5. The van der Waals surface area contributed by atoms with Gasteiger partial charge in [0.15, 0.2) is 5.11 Å². The molecule has 0 heterocycles. The third-order valence-electron chi connectivity index (χ3n) is 4.32. The van der Waals surface area contributed by atoms with Gasteiger partial charge in [-0.3, -0.25) is 14.8 Å².